The van der Waals surface area contributed by atoms with Gasteiger partial charge in [0.2, 0.25) is 0 Å². The first-order chi connectivity index (χ1) is 5.36. The summed E-state index contributed by atoms with van der Waals surface area (Å²) in [6.07, 6.45) is -3.46. The fourth-order valence-corrected chi connectivity index (χ4v) is 1.48. The third-order valence-corrected chi connectivity index (χ3v) is 2.65. The molecule has 0 amide bonds. The van der Waals surface area contributed by atoms with Gasteiger partial charge in [-0.2, -0.15) is 0 Å². The minimum atomic E-state index is -1.19. The van der Waals surface area contributed by atoms with E-state index in [9.17, 15) is 20.5 Å². The van der Waals surface area contributed by atoms with Crippen LogP contribution in [0, 0.1) is 5.21 Å². The topological polar surface area (TPSA) is 83.8 Å². The molecule has 1 heterocycles. The lowest BCUT2D eigenvalue weighted by Crippen LogP contribution is -2.66. The molecule has 0 aromatic rings. The van der Waals surface area contributed by atoms with Crippen molar-refractivity contribution in [2.45, 2.75) is 31.3 Å². The van der Waals surface area contributed by atoms with E-state index in [-0.39, 0.29) is 6.54 Å². The molecule has 5 atom stereocenters. The first-order valence-corrected chi connectivity index (χ1v) is 3.96. The summed E-state index contributed by atoms with van der Waals surface area (Å²) < 4.78 is -0.709. The number of likely N-dealkylation sites (tertiary alicyclic amines) is 1. The first kappa shape index (κ1) is 9.88. The molecule has 1 aliphatic rings. The smallest absolute Gasteiger partial charge is 0.134 e. The molecule has 1 aliphatic heterocycles. The summed E-state index contributed by atoms with van der Waals surface area (Å²) in [6, 6.07) is -0.594. The number of hydrogen-bond donors (Lipinski definition) is 3. The Bertz CT molecular complexity index is 173. The van der Waals surface area contributed by atoms with Gasteiger partial charge >= 0.3 is 0 Å². The highest BCUT2D eigenvalue weighted by atomic mass is 16.6. The predicted octanol–water partition coefficient (Wildman–Crippen LogP) is -1.58. The SMILES string of the molecule is CC1[C@@H](O)C(O)C(O)C[N@+]1(C)[O-]. The number of hydroxylamine groups is 3. The van der Waals surface area contributed by atoms with Crippen LogP contribution in [-0.4, -0.2) is 57.9 Å². The Morgan fingerprint density at radius 1 is 1.25 bits per heavy atom. The Kier molecular flexibility index (Phi) is 2.42. The predicted molar refractivity (Wildman–Crippen MR) is 41.9 cm³/mol. The van der Waals surface area contributed by atoms with Crippen LogP contribution in [0.3, 0.4) is 0 Å². The van der Waals surface area contributed by atoms with Crippen LogP contribution >= 0.6 is 0 Å². The minimum Gasteiger partial charge on any atom is -0.633 e. The molecule has 0 bridgehead atoms. The zero-order chi connectivity index (χ0) is 9.52. The summed E-state index contributed by atoms with van der Waals surface area (Å²) in [5, 5.41) is 39.2. The molecule has 0 aromatic heterocycles. The zero-order valence-electron chi connectivity index (χ0n) is 7.21. The monoisotopic (exact) mass is 177 g/mol. The number of rotatable bonds is 0. The molecular formula is C7H15NO4. The number of quaternary nitrogens is 1. The van der Waals surface area contributed by atoms with Crippen LogP contribution in [0.5, 0.6) is 0 Å². The second kappa shape index (κ2) is 2.93. The van der Waals surface area contributed by atoms with Crippen molar-refractivity contribution in [1.29, 1.82) is 0 Å². The Labute approximate surface area is 71.0 Å². The van der Waals surface area contributed by atoms with E-state index in [4.69, 9.17) is 0 Å². The van der Waals surface area contributed by atoms with Crippen LogP contribution in [0.25, 0.3) is 0 Å². The number of hydrogen-bond acceptors (Lipinski definition) is 4. The average Bonchev–Trinajstić information content (AvgIpc) is 1.97. The van der Waals surface area contributed by atoms with Gasteiger partial charge in [-0.25, -0.2) is 0 Å². The highest BCUT2D eigenvalue weighted by Gasteiger charge is 2.43. The summed E-state index contributed by atoms with van der Waals surface area (Å²) in [4.78, 5) is 0. The van der Waals surface area contributed by atoms with Gasteiger partial charge in [-0.05, 0) is 6.92 Å². The molecule has 5 nitrogen and oxygen atoms in total. The van der Waals surface area contributed by atoms with Crippen molar-refractivity contribution in [3.63, 3.8) is 0 Å². The van der Waals surface area contributed by atoms with E-state index in [0.29, 0.717) is 0 Å². The van der Waals surface area contributed by atoms with Gasteiger partial charge in [-0.1, -0.05) is 0 Å². The van der Waals surface area contributed by atoms with Gasteiger partial charge in [0.05, 0.1) is 7.05 Å². The van der Waals surface area contributed by atoms with Crippen LogP contribution < -0.4 is 0 Å². The summed E-state index contributed by atoms with van der Waals surface area (Å²) in [5.74, 6) is 0. The Balaban J connectivity index is 2.78. The highest BCUT2D eigenvalue weighted by molar-refractivity contribution is 4.85. The van der Waals surface area contributed by atoms with E-state index in [1.165, 1.54) is 7.05 Å². The molecule has 1 rings (SSSR count). The largest absolute Gasteiger partial charge is 0.633 e. The molecule has 72 valence electrons. The molecule has 0 saturated carbocycles. The maximum Gasteiger partial charge on any atom is 0.134 e. The van der Waals surface area contributed by atoms with Gasteiger partial charge in [0.1, 0.15) is 30.9 Å². The van der Waals surface area contributed by atoms with Crippen LogP contribution in [-0.2, 0) is 0 Å². The van der Waals surface area contributed by atoms with Gasteiger partial charge in [0, 0.05) is 0 Å². The Morgan fingerprint density at radius 3 is 2.25 bits per heavy atom. The number of aliphatic hydroxyl groups excluding tert-OH is 3. The highest BCUT2D eigenvalue weighted by Crippen LogP contribution is 2.23. The molecule has 3 N–H and O–H groups in total. The fourth-order valence-electron chi connectivity index (χ4n) is 1.48. The van der Waals surface area contributed by atoms with Crippen LogP contribution in [0.15, 0.2) is 0 Å². The van der Waals surface area contributed by atoms with Crippen molar-refractivity contribution in [2.24, 2.45) is 0 Å². The van der Waals surface area contributed by atoms with E-state index in [1.54, 1.807) is 6.92 Å². The summed E-state index contributed by atoms with van der Waals surface area (Å²) in [7, 11) is 1.38. The van der Waals surface area contributed by atoms with Crippen molar-refractivity contribution >= 4 is 0 Å². The van der Waals surface area contributed by atoms with Crippen LogP contribution in [0.1, 0.15) is 6.92 Å². The van der Waals surface area contributed by atoms with Crippen LogP contribution in [0.4, 0.5) is 0 Å². The number of likely N-dealkylation sites (N-methyl/N-ethyl adjacent to an activating group) is 1. The first-order valence-electron chi connectivity index (χ1n) is 3.96. The molecule has 1 saturated heterocycles. The van der Waals surface area contributed by atoms with Crippen molar-refractivity contribution in [2.75, 3.05) is 13.6 Å². The van der Waals surface area contributed by atoms with Crippen molar-refractivity contribution in [3.8, 4) is 0 Å². The molecule has 5 heteroatoms. The quantitative estimate of drug-likeness (QED) is 0.308. The van der Waals surface area contributed by atoms with E-state index in [0.717, 1.165) is 0 Å². The van der Waals surface area contributed by atoms with Gasteiger partial charge in [-0.15, -0.1) is 0 Å². The number of aliphatic hydroxyl groups is 3. The molecule has 0 spiro atoms. The molecule has 0 aromatic carbocycles. The lowest BCUT2D eigenvalue weighted by molar-refractivity contribution is -0.899. The number of piperidine rings is 1. The third-order valence-electron chi connectivity index (χ3n) is 2.65. The molecule has 3 unspecified atom stereocenters. The maximum absolute atomic E-state index is 11.5. The molecule has 0 aliphatic carbocycles. The molecule has 12 heavy (non-hydrogen) atoms. The van der Waals surface area contributed by atoms with Gasteiger partial charge < -0.3 is 25.2 Å². The van der Waals surface area contributed by atoms with Crippen molar-refractivity contribution in [1.82, 2.24) is 0 Å². The lowest BCUT2D eigenvalue weighted by Gasteiger charge is -2.51. The van der Waals surface area contributed by atoms with E-state index < -0.39 is 29.0 Å². The normalized spacial score (nSPS) is 55.5. The second-order valence-electron chi connectivity index (χ2n) is 3.65. The van der Waals surface area contributed by atoms with Crippen LogP contribution in [0.2, 0.25) is 0 Å². The Hall–Kier alpha value is -0.200. The third kappa shape index (κ3) is 1.46. The van der Waals surface area contributed by atoms with E-state index in [2.05, 4.69) is 0 Å². The molecule has 1 fully saturated rings. The molecular weight excluding hydrogens is 162 g/mol. The zero-order valence-corrected chi connectivity index (χ0v) is 7.21. The second-order valence-corrected chi connectivity index (χ2v) is 3.65. The minimum absolute atomic E-state index is 0.0700. The van der Waals surface area contributed by atoms with Gasteiger partial charge in [0.25, 0.3) is 0 Å². The lowest BCUT2D eigenvalue weighted by atomic mass is 9.95. The summed E-state index contributed by atoms with van der Waals surface area (Å²) in [6.45, 7) is 1.49. The average molecular weight is 177 g/mol. The van der Waals surface area contributed by atoms with Gasteiger partial charge in [0.15, 0.2) is 0 Å². The van der Waals surface area contributed by atoms with Crippen molar-refractivity contribution in [3.05, 3.63) is 5.21 Å². The van der Waals surface area contributed by atoms with E-state index in [1.807, 2.05) is 0 Å². The van der Waals surface area contributed by atoms with E-state index >= 15 is 0 Å². The molecule has 0 radical (unpaired) electrons. The summed E-state index contributed by atoms with van der Waals surface area (Å²) in [5.41, 5.74) is 0. The van der Waals surface area contributed by atoms with Crippen molar-refractivity contribution < 1.29 is 20.0 Å². The van der Waals surface area contributed by atoms with Gasteiger partial charge in [-0.3, -0.25) is 0 Å². The number of nitrogens with zero attached hydrogens (tertiary/aromatic N) is 1. The Morgan fingerprint density at radius 2 is 1.75 bits per heavy atom. The standard InChI is InChI=1S/C7H15NO4/c1-4-6(10)7(11)5(9)3-8(4,2)12/h4-7,9-11H,3H2,1-2H3/t4?,5?,6-,7?,8+/m1/s1. The maximum atomic E-state index is 11.5. The summed E-state index contributed by atoms with van der Waals surface area (Å²) >= 11 is 0. The fraction of sp³-hybridized carbons (Fsp3) is 1.00.